The lowest BCUT2D eigenvalue weighted by Gasteiger charge is -2.35. The molecule has 19 heavy (non-hydrogen) atoms. The predicted molar refractivity (Wildman–Crippen MR) is 89.5 cm³/mol. The molecule has 1 N–H and O–H groups in total. The molecule has 0 radical (unpaired) electrons. The van der Waals surface area contributed by atoms with E-state index in [-0.39, 0.29) is 11.1 Å². The molecule has 0 saturated carbocycles. The summed E-state index contributed by atoms with van der Waals surface area (Å²) in [6.45, 7) is 9.16. The first kappa shape index (κ1) is 15.5. The molecule has 0 atom stereocenters. The fraction of sp³-hybridized carbons (Fsp3) is 0.625. The molecule has 0 spiro atoms. The van der Waals surface area contributed by atoms with Gasteiger partial charge >= 0.3 is 0 Å². The van der Waals surface area contributed by atoms with Crippen LogP contribution in [-0.2, 0) is 11.1 Å². The third kappa shape index (κ3) is 2.22. The Balaban J connectivity index is 2.71. The third-order valence-corrected chi connectivity index (χ3v) is 6.83. The molecular formula is C16H23Br2N. The maximum absolute atomic E-state index is 3.99. The highest BCUT2D eigenvalue weighted by atomic mass is 79.9. The smallest absolute Gasteiger partial charge is 0.0440 e. The molecule has 2 rings (SSSR count). The number of nitrogens with one attached hydrogen (secondary N) is 1. The van der Waals surface area contributed by atoms with Gasteiger partial charge in [0.2, 0.25) is 0 Å². The molecule has 0 bridgehead atoms. The topological polar surface area (TPSA) is 12.0 Å². The van der Waals surface area contributed by atoms with Crippen LogP contribution in [-0.4, -0.2) is 0 Å². The van der Waals surface area contributed by atoms with E-state index in [1.807, 2.05) is 0 Å². The minimum atomic E-state index is 0.130. The number of rotatable bonds is 4. The second kappa shape index (κ2) is 5.50. The van der Waals surface area contributed by atoms with E-state index in [1.54, 1.807) is 0 Å². The summed E-state index contributed by atoms with van der Waals surface area (Å²) in [4.78, 5) is 0. The van der Waals surface area contributed by atoms with E-state index in [0.717, 1.165) is 34.6 Å². The molecule has 0 amide bonds. The Bertz CT molecular complexity index is 431. The summed E-state index contributed by atoms with van der Waals surface area (Å²) in [6.07, 6.45) is 4.53. The molecule has 3 heteroatoms. The lowest BCUT2D eigenvalue weighted by Crippen LogP contribution is -2.46. The van der Waals surface area contributed by atoms with Crippen LogP contribution < -0.4 is 5.32 Å². The fourth-order valence-corrected chi connectivity index (χ4v) is 4.23. The molecule has 0 aliphatic carbocycles. The van der Waals surface area contributed by atoms with Crippen molar-refractivity contribution in [2.24, 2.45) is 0 Å². The van der Waals surface area contributed by atoms with Gasteiger partial charge in [-0.2, -0.15) is 0 Å². The first-order valence-electron chi connectivity index (χ1n) is 7.28. The second-order valence-electron chi connectivity index (χ2n) is 5.52. The lowest BCUT2D eigenvalue weighted by atomic mass is 9.83. The normalized spacial score (nSPS) is 19.5. The average molecular weight is 389 g/mol. The van der Waals surface area contributed by atoms with Gasteiger partial charge in [-0.15, -0.1) is 0 Å². The van der Waals surface area contributed by atoms with Crippen LogP contribution >= 0.6 is 31.9 Å². The molecule has 0 aromatic heterocycles. The molecule has 1 heterocycles. The highest BCUT2D eigenvalue weighted by Gasteiger charge is 2.48. The minimum Gasteiger partial charge on any atom is -0.298 e. The summed E-state index contributed by atoms with van der Waals surface area (Å²) in [6, 6.07) is 4.62. The van der Waals surface area contributed by atoms with Gasteiger partial charge in [0.25, 0.3) is 0 Å². The zero-order chi connectivity index (χ0) is 14.3. The molecule has 1 aromatic rings. The molecule has 1 nitrogen and oxygen atoms in total. The Hall–Kier alpha value is 0.140. The van der Waals surface area contributed by atoms with Crippen molar-refractivity contribution >= 4 is 31.9 Å². The van der Waals surface area contributed by atoms with Crippen molar-refractivity contribution in [1.29, 1.82) is 0 Å². The van der Waals surface area contributed by atoms with Crippen LogP contribution in [0, 0.1) is 0 Å². The van der Waals surface area contributed by atoms with Crippen LogP contribution in [0.25, 0.3) is 0 Å². The van der Waals surface area contributed by atoms with Crippen molar-refractivity contribution in [3.63, 3.8) is 0 Å². The largest absolute Gasteiger partial charge is 0.298 e. The van der Waals surface area contributed by atoms with Gasteiger partial charge in [-0.1, -0.05) is 27.7 Å². The van der Waals surface area contributed by atoms with Crippen molar-refractivity contribution in [3.05, 3.63) is 32.2 Å². The van der Waals surface area contributed by atoms with E-state index in [2.05, 4.69) is 77.0 Å². The Kier molecular flexibility index (Phi) is 4.49. The van der Waals surface area contributed by atoms with E-state index in [0.29, 0.717) is 0 Å². The van der Waals surface area contributed by atoms with Gasteiger partial charge in [-0.3, -0.25) is 5.32 Å². The van der Waals surface area contributed by atoms with Gasteiger partial charge in [-0.05, 0) is 80.8 Å². The van der Waals surface area contributed by atoms with Crippen molar-refractivity contribution in [2.75, 3.05) is 0 Å². The summed E-state index contributed by atoms with van der Waals surface area (Å²) >= 11 is 7.33. The van der Waals surface area contributed by atoms with Crippen LogP contribution in [0.2, 0.25) is 0 Å². The second-order valence-corrected chi connectivity index (χ2v) is 7.22. The van der Waals surface area contributed by atoms with Gasteiger partial charge in [-0.25, -0.2) is 0 Å². The average Bonchev–Trinajstić information content (AvgIpc) is 2.71. The first-order chi connectivity index (χ1) is 8.98. The van der Waals surface area contributed by atoms with E-state index in [1.165, 1.54) is 11.1 Å². The van der Waals surface area contributed by atoms with E-state index >= 15 is 0 Å². The Morgan fingerprint density at radius 2 is 1.11 bits per heavy atom. The molecule has 1 aromatic carbocycles. The number of fused-ring (bicyclic) bond motifs is 1. The lowest BCUT2D eigenvalue weighted by molar-refractivity contribution is 0.217. The van der Waals surface area contributed by atoms with Crippen LogP contribution in [0.1, 0.15) is 64.5 Å². The maximum Gasteiger partial charge on any atom is 0.0440 e. The van der Waals surface area contributed by atoms with Crippen molar-refractivity contribution in [1.82, 2.24) is 5.32 Å². The van der Waals surface area contributed by atoms with Crippen LogP contribution in [0.3, 0.4) is 0 Å². The van der Waals surface area contributed by atoms with Crippen molar-refractivity contribution < 1.29 is 0 Å². The number of hydrogen-bond donors (Lipinski definition) is 1. The minimum absolute atomic E-state index is 0.130. The SMILES string of the molecule is CCC1(CC)NC(CC)(CC)c2cc(Br)c(Br)cc21. The Morgan fingerprint density at radius 3 is 1.37 bits per heavy atom. The summed E-state index contributed by atoms with van der Waals surface area (Å²) in [5.41, 5.74) is 3.22. The highest BCUT2D eigenvalue weighted by Crippen LogP contribution is 2.50. The zero-order valence-corrected chi connectivity index (χ0v) is 15.4. The number of benzene rings is 1. The van der Waals surface area contributed by atoms with Crippen LogP contribution in [0.5, 0.6) is 0 Å². The van der Waals surface area contributed by atoms with Crippen molar-refractivity contribution in [3.8, 4) is 0 Å². The molecule has 1 aliphatic heterocycles. The molecule has 0 fully saturated rings. The Labute approximate surface area is 133 Å². The third-order valence-electron chi connectivity index (χ3n) is 4.98. The molecular weight excluding hydrogens is 366 g/mol. The fourth-order valence-electron chi connectivity index (χ4n) is 3.55. The summed E-state index contributed by atoms with van der Waals surface area (Å²) in [7, 11) is 0. The zero-order valence-electron chi connectivity index (χ0n) is 12.2. The predicted octanol–water partition coefficient (Wildman–Crippen LogP) is 5.85. The summed E-state index contributed by atoms with van der Waals surface area (Å²) < 4.78 is 2.31. The standard InChI is InChI=1S/C16H23Br2N/c1-5-15(6-2)11-9-13(17)14(18)10-12(11)16(7-3,8-4)19-15/h9-10,19H,5-8H2,1-4H3. The van der Waals surface area contributed by atoms with Gasteiger partial charge in [0, 0.05) is 20.0 Å². The van der Waals surface area contributed by atoms with Gasteiger partial charge in [0.1, 0.15) is 0 Å². The maximum atomic E-state index is 3.99. The Morgan fingerprint density at radius 1 is 0.789 bits per heavy atom. The summed E-state index contributed by atoms with van der Waals surface area (Å²) in [5.74, 6) is 0. The highest BCUT2D eigenvalue weighted by molar-refractivity contribution is 9.13. The summed E-state index contributed by atoms with van der Waals surface area (Å²) in [5, 5.41) is 3.99. The van der Waals surface area contributed by atoms with E-state index in [4.69, 9.17) is 0 Å². The van der Waals surface area contributed by atoms with Crippen LogP contribution in [0.4, 0.5) is 0 Å². The van der Waals surface area contributed by atoms with Crippen LogP contribution in [0.15, 0.2) is 21.1 Å². The van der Waals surface area contributed by atoms with Crippen molar-refractivity contribution in [2.45, 2.75) is 64.5 Å². The van der Waals surface area contributed by atoms with E-state index in [9.17, 15) is 0 Å². The molecule has 106 valence electrons. The van der Waals surface area contributed by atoms with E-state index < -0.39 is 0 Å². The first-order valence-corrected chi connectivity index (χ1v) is 8.86. The number of halogens is 2. The molecule has 1 aliphatic rings. The molecule has 0 unspecified atom stereocenters. The van der Waals surface area contributed by atoms with Gasteiger partial charge in [0.15, 0.2) is 0 Å². The number of hydrogen-bond acceptors (Lipinski definition) is 1. The monoisotopic (exact) mass is 387 g/mol. The quantitative estimate of drug-likeness (QED) is 0.682. The molecule has 0 saturated heterocycles. The van der Waals surface area contributed by atoms with Gasteiger partial charge < -0.3 is 0 Å². The van der Waals surface area contributed by atoms with Gasteiger partial charge in [0.05, 0.1) is 0 Å².